The van der Waals surface area contributed by atoms with Gasteiger partial charge in [-0.3, -0.25) is 14.4 Å². The van der Waals surface area contributed by atoms with Gasteiger partial charge in [-0.15, -0.1) is 0 Å². The second-order valence-electron chi connectivity index (χ2n) is 16.0. The predicted molar refractivity (Wildman–Crippen MR) is 231 cm³/mol. The number of aromatic nitrogens is 4. The quantitative estimate of drug-likeness (QED) is 0.104. The Morgan fingerprint density at radius 2 is 1.42 bits per heavy atom. The van der Waals surface area contributed by atoms with Gasteiger partial charge in [0.05, 0.1) is 50.4 Å². The Labute approximate surface area is 358 Å². The van der Waals surface area contributed by atoms with Crippen LogP contribution in [0.1, 0.15) is 68.4 Å². The van der Waals surface area contributed by atoms with Gasteiger partial charge in [0.25, 0.3) is 5.91 Å². The molecule has 4 N–H and O–H groups in total. The summed E-state index contributed by atoms with van der Waals surface area (Å²) in [7, 11) is 2.52. The van der Waals surface area contributed by atoms with Gasteiger partial charge in [-0.2, -0.15) is 0 Å². The van der Waals surface area contributed by atoms with Crippen LogP contribution < -0.4 is 10.6 Å². The van der Waals surface area contributed by atoms with Crippen molar-refractivity contribution in [2.24, 2.45) is 5.92 Å². The highest BCUT2D eigenvalue weighted by molar-refractivity contribution is 5.94. The summed E-state index contributed by atoms with van der Waals surface area (Å²) in [6.45, 7) is 4.13. The molecule has 2 aliphatic heterocycles. The zero-order valence-corrected chi connectivity index (χ0v) is 34.9. The van der Waals surface area contributed by atoms with E-state index in [1.807, 2.05) is 68.6 Å². The van der Waals surface area contributed by atoms with Crippen molar-refractivity contribution in [3.8, 4) is 33.6 Å². The Balaban J connectivity index is 0.950. The summed E-state index contributed by atoms with van der Waals surface area (Å²) in [6, 6.07) is 27.2. The number of nitrogens with zero attached hydrogens (tertiary/aromatic N) is 4. The second kappa shape index (κ2) is 17.7. The highest BCUT2D eigenvalue weighted by Gasteiger charge is 2.41. The number of carbonyl (C=O) groups is 5. The molecule has 15 heteroatoms. The van der Waals surface area contributed by atoms with Crippen LogP contribution in [-0.2, 0) is 23.9 Å². The zero-order valence-electron chi connectivity index (χ0n) is 34.9. The minimum absolute atomic E-state index is 0.0602. The van der Waals surface area contributed by atoms with Crippen molar-refractivity contribution in [2.75, 3.05) is 27.3 Å². The molecule has 4 aromatic carbocycles. The van der Waals surface area contributed by atoms with Crippen LogP contribution in [0.2, 0.25) is 0 Å². The molecule has 0 radical (unpaired) electrons. The molecule has 6 aromatic rings. The molecular weight excluding hydrogens is 789 g/mol. The summed E-state index contributed by atoms with van der Waals surface area (Å²) in [5, 5.41) is 7.39. The Morgan fingerprint density at radius 3 is 2.13 bits per heavy atom. The summed E-state index contributed by atoms with van der Waals surface area (Å²) < 4.78 is 9.55. The summed E-state index contributed by atoms with van der Waals surface area (Å²) >= 11 is 0. The molecule has 0 bridgehead atoms. The fourth-order valence-corrected chi connectivity index (χ4v) is 8.37. The van der Waals surface area contributed by atoms with Gasteiger partial charge in [0, 0.05) is 30.3 Å². The van der Waals surface area contributed by atoms with Crippen LogP contribution in [0, 0.1) is 5.92 Å². The van der Waals surface area contributed by atoms with Crippen molar-refractivity contribution in [3.63, 3.8) is 0 Å². The van der Waals surface area contributed by atoms with Gasteiger partial charge in [0.15, 0.2) is 5.78 Å². The smallest absolute Gasteiger partial charge is 0.407 e. The summed E-state index contributed by atoms with van der Waals surface area (Å²) in [4.78, 5) is 83.8. The SMILES string of the molecule is COC(=O)N[C@H](C(=O)N1CC(=O)C[C@H]1c1ncc(-c2ccc3cc(-c4ccc(-c5c[nH]c([C@@H]6CCCN6C(=O)[C@H](NC(=O)OC)c6ccccc6)n5)cc4)ccc3c2)[nH]1)C(C)C. The Morgan fingerprint density at radius 1 is 0.758 bits per heavy atom. The fourth-order valence-electron chi connectivity index (χ4n) is 8.37. The maximum Gasteiger partial charge on any atom is 0.407 e. The zero-order chi connectivity index (χ0) is 43.5. The third kappa shape index (κ3) is 8.51. The molecule has 8 rings (SSSR count). The molecule has 4 amide bonds. The molecule has 318 valence electrons. The van der Waals surface area contributed by atoms with Crippen LogP contribution in [0.3, 0.4) is 0 Å². The molecule has 0 saturated carbocycles. The molecule has 2 saturated heterocycles. The summed E-state index contributed by atoms with van der Waals surface area (Å²) in [6.07, 6.45) is 3.86. The first kappa shape index (κ1) is 41.4. The number of fused-ring (bicyclic) bond motifs is 1. The molecule has 15 nitrogen and oxygen atoms in total. The van der Waals surface area contributed by atoms with Crippen molar-refractivity contribution >= 4 is 40.6 Å². The van der Waals surface area contributed by atoms with Gasteiger partial charge < -0.3 is 39.9 Å². The predicted octanol–water partition coefficient (Wildman–Crippen LogP) is 7.27. The van der Waals surface area contributed by atoms with Crippen molar-refractivity contribution in [2.45, 2.75) is 57.3 Å². The standard InChI is InChI=1S/C47H48N8O7/c1-27(2)40(52-46(59)61-3)44(57)55-26-35(56)23-39(55)43-49-25-37(51-43)34-19-18-32-21-31(16-17-33(32)22-34)28-12-14-29(15-13-28)36-24-48-42(50-36)38-11-8-20-54(38)45(58)41(53-47(60)62-4)30-9-6-5-7-10-30/h5-7,9-10,12-19,21-22,24-25,27,38-41H,8,11,20,23,26H2,1-4H3,(H,48,50)(H,49,51)(H,52,59)(H,53,60)/t38-,39-,40-,41+/m0/s1. The van der Waals surface area contributed by atoms with Crippen LogP contribution in [0.25, 0.3) is 44.4 Å². The van der Waals surface area contributed by atoms with Gasteiger partial charge in [-0.25, -0.2) is 19.6 Å². The average Bonchev–Trinajstić information content (AvgIpc) is 4.14. The molecule has 62 heavy (non-hydrogen) atoms. The van der Waals surface area contributed by atoms with E-state index in [4.69, 9.17) is 14.5 Å². The third-order valence-electron chi connectivity index (χ3n) is 11.7. The van der Waals surface area contributed by atoms with Gasteiger partial charge in [0.2, 0.25) is 5.91 Å². The van der Waals surface area contributed by atoms with Crippen molar-refractivity contribution in [3.05, 3.63) is 121 Å². The number of methoxy groups -OCH3 is 2. The van der Waals surface area contributed by atoms with Gasteiger partial charge in [0.1, 0.15) is 23.7 Å². The van der Waals surface area contributed by atoms with Crippen LogP contribution in [-0.4, -0.2) is 92.9 Å². The summed E-state index contributed by atoms with van der Waals surface area (Å²) in [5.41, 5.74) is 6.11. The summed E-state index contributed by atoms with van der Waals surface area (Å²) in [5.74, 6) is 0.296. The molecular formula is C47H48N8O7. The number of likely N-dealkylation sites (tertiary alicyclic amines) is 2. The van der Waals surface area contributed by atoms with E-state index in [1.54, 1.807) is 11.1 Å². The minimum atomic E-state index is -0.890. The lowest BCUT2D eigenvalue weighted by Gasteiger charge is -2.29. The maximum absolute atomic E-state index is 13.9. The molecule has 0 spiro atoms. The lowest BCUT2D eigenvalue weighted by molar-refractivity contribution is -0.136. The maximum atomic E-state index is 13.9. The van der Waals surface area contributed by atoms with Crippen LogP contribution in [0.5, 0.6) is 0 Å². The number of H-pyrrole nitrogens is 2. The van der Waals surface area contributed by atoms with E-state index >= 15 is 0 Å². The first-order valence-electron chi connectivity index (χ1n) is 20.6. The average molecular weight is 837 g/mol. The number of nitrogens with one attached hydrogen (secondary N) is 4. The first-order chi connectivity index (χ1) is 30.0. The lowest BCUT2D eigenvalue weighted by atomic mass is 9.98. The number of aromatic amines is 2. The largest absolute Gasteiger partial charge is 0.453 e. The number of ether oxygens (including phenoxy) is 2. The van der Waals surface area contributed by atoms with E-state index in [1.165, 1.54) is 19.1 Å². The molecule has 2 aliphatic rings. The van der Waals surface area contributed by atoms with Crippen LogP contribution in [0.4, 0.5) is 9.59 Å². The molecule has 0 aliphatic carbocycles. The minimum Gasteiger partial charge on any atom is -0.453 e. The molecule has 4 heterocycles. The third-order valence-corrected chi connectivity index (χ3v) is 11.7. The number of imidazole rings is 2. The number of hydrogen-bond acceptors (Lipinski definition) is 9. The molecule has 0 unspecified atom stereocenters. The fraction of sp³-hybridized carbons (Fsp3) is 0.298. The number of rotatable bonds is 11. The Hall–Kier alpha value is -7.29. The number of carbonyl (C=O) groups excluding carboxylic acids is 5. The van der Waals surface area contributed by atoms with E-state index in [0.29, 0.717) is 23.8 Å². The number of ketones is 1. The van der Waals surface area contributed by atoms with Crippen molar-refractivity contribution < 1.29 is 33.4 Å². The van der Waals surface area contributed by atoms with E-state index in [9.17, 15) is 24.0 Å². The van der Waals surface area contributed by atoms with Crippen molar-refractivity contribution in [1.29, 1.82) is 0 Å². The Bertz CT molecular complexity index is 2620. The topological polar surface area (TPSA) is 192 Å². The van der Waals surface area contributed by atoms with Gasteiger partial charge in [-0.05, 0) is 58.4 Å². The molecule has 2 fully saturated rings. The number of amides is 4. The van der Waals surface area contributed by atoms with Gasteiger partial charge >= 0.3 is 12.2 Å². The normalized spacial score (nSPS) is 17.3. The number of Topliss-reactive ketones (excluding diaryl/α,β-unsaturated/α-hetero) is 1. The first-order valence-corrected chi connectivity index (χ1v) is 20.6. The monoisotopic (exact) mass is 836 g/mol. The van der Waals surface area contributed by atoms with E-state index < -0.39 is 30.3 Å². The van der Waals surface area contributed by atoms with Gasteiger partial charge in [-0.1, -0.05) is 92.7 Å². The second-order valence-corrected chi connectivity index (χ2v) is 16.0. The highest BCUT2D eigenvalue weighted by Crippen LogP contribution is 2.36. The molecule has 2 aromatic heterocycles. The van der Waals surface area contributed by atoms with E-state index in [0.717, 1.165) is 57.3 Å². The number of hydrogen-bond donors (Lipinski definition) is 4. The number of benzene rings is 4. The molecule has 4 atom stereocenters. The lowest BCUT2D eigenvalue weighted by Crippen LogP contribution is -2.51. The van der Waals surface area contributed by atoms with E-state index in [-0.39, 0.29) is 42.5 Å². The van der Waals surface area contributed by atoms with Crippen LogP contribution in [0.15, 0.2) is 103 Å². The van der Waals surface area contributed by atoms with Crippen molar-refractivity contribution in [1.82, 2.24) is 40.4 Å². The van der Waals surface area contributed by atoms with Crippen LogP contribution >= 0.6 is 0 Å². The number of alkyl carbamates (subject to hydrolysis) is 2. The van der Waals surface area contributed by atoms with E-state index in [2.05, 4.69) is 68.1 Å². The highest BCUT2D eigenvalue weighted by atomic mass is 16.5. The Kier molecular flexibility index (Phi) is 11.9.